The van der Waals surface area contributed by atoms with Gasteiger partial charge in [-0.2, -0.15) is 0 Å². The van der Waals surface area contributed by atoms with Gasteiger partial charge in [-0.15, -0.1) is 0 Å². The number of likely N-dealkylation sites (N-methyl/N-ethyl adjacent to an activating group) is 1. The van der Waals surface area contributed by atoms with E-state index in [0.29, 0.717) is 5.56 Å². The van der Waals surface area contributed by atoms with E-state index in [1.807, 2.05) is 26.2 Å². The standard InChI is InChI=1S/C20H28N4O/c1-5-15-8-7-9-16(6-2)19(15)23-20(25)17-12-18(14-21-13-17)22-10-11-24(3)4/h7-9,12-14,22H,5-6,10-11H2,1-4H3,(H,23,25). The zero-order valence-electron chi connectivity index (χ0n) is 15.6. The molecule has 0 saturated carbocycles. The molecule has 0 aliphatic heterocycles. The number of nitrogens with zero attached hydrogens (tertiary/aromatic N) is 2. The first-order valence-electron chi connectivity index (χ1n) is 8.80. The van der Waals surface area contributed by atoms with Crippen LogP contribution >= 0.6 is 0 Å². The predicted octanol–water partition coefficient (Wildman–Crippen LogP) is 3.43. The Balaban J connectivity index is 2.14. The van der Waals surface area contributed by atoms with E-state index < -0.39 is 0 Å². The number of nitrogens with one attached hydrogen (secondary N) is 2. The van der Waals surface area contributed by atoms with Crippen LogP contribution in [0.5, 0.6) is 0 Å². The lowest BCUT2D eigenvalue weighted by atomic mass is 10.0. The second-order valence-corrected chi connectivity index (χ2v) is 6.30. The molecule has 1 aromatic carbocycles. The third-order valence-corrected chi connectivity index (χ3v) is 4.13. The minimum absolute atomic E-state index is 0.126. The molecular formula is C20H28N4O. The smallest absolute Gasteiger partial charge is 0.257 e. The molecule has 5 heteroatoms. The van der Waals surface area contributed by atoms with Crippen molar-refractivity contribution in [2.45, 2.75) is 26.7 Å². The second-order valence-electron chi connectivity index (χ2n) is 6.30. The van der Waals surface area contributed by atoms with Crippen LogP contribution in [0.1, 0.15) is 35.3 Å². The van der Waals surface area contributed by atoms with Crippen LogP contribution in [0.15, 0.2) is 36.7 Å². The van der Waals surface area contributed by atoms with E-state index in [-0.39, 0.29) is 5.91 Å². The number of hydrogen-bond donors (Lipinski definition) is 2. The van der Waals surface area contributed by atoms with Crippen molar-refractivity contribution in [1.82, 2.24) is 9.88 Å². The first-order valence-corrected chi connectivity index (χ1v) is 8.80. The van der Waals surface area contributed by atoms with Crippen molar-refractivity contribution in [3.63, 3.8) is 0 Å². The van der Waals surface area contributed by atoms with Crippen LogP contribution in [-0.2, 0) is 12.8 Å². The van der Waals surface area contributed by atoms with Gasteiger partial charge < -0.3 is 15.5 Å². The van der Waals surface area contributed by atoms with Gasteiger partial charge >= 0.3 is 0 Å². The summed E-state index contributed by atoms with van der Waals surface area (Å²) in [4.78, 5) is 19.0. The summed E-state index contributed by atoms with van der Waals surface area (Å²) in [5, 5.41) is 6.38. The zero-order valence-corrected chi connectivity index (χ0v) is 15.6. The van der Waals surface area contributed by atoms with Gasteiger partial charge in [-0.05, 0) is 44.1 Å². The molecule has 25 heavy (non-hydrogen) atoms. The fourth-order valence-corrected chi connectivity index (χ4v) is 2.67. The van der Waals surface area contributed by atoms with Crippen LogP contribution in [-0.4, -0.2) is 43.0 Å². The fraction of sp³-hybridized carbons (Fsp3) is 0.400. The molecule has 0 saturated heterocycles. The van der Waals surface area contributed by atoms with Crippen molar-refractivity contribution in [1.29, 1.82) is 0 Å². The number of aromatic nitrogens is 1. The van der Waals surface area contributed by atoms with Gasteiger partial charge in [0, 0.05) is 31.2 Å². The van der Waals surface area contributed by atoms with Crippen molar-refractivity contribution < 1.29 is 4.79 Å². The number of amides is 1. The first kappa shape index (κ1) is 18.9. The highest BCUT2D eigenvalue weighted by molar-refractivity contribution is 6.05. The summed E-state index contributed by atoms with van der Waals surface area (Å²) < 4.78 is 0. The highest BCUT2D eigenvalue weighted by Gasteiger charge is 2.12. The number of rotatable bonds is 8. The van der Waals surface area contributed by atoms with Gasteiger partial charge in [-0.25, -0.2) is 0 Å². The Kier molecular flexibility index (Phi) is 6.95. The first-order chi connectivity index (χ1) is 12.0. The number of para-hydroxylation sites is 1. The molecule has 1 aromatic heterocycles. The molecule has 0 unspecified atom stereocenters. The lowest BCUT2D eigenvalue weighted by Crippen LogP contribution is -2.21. The number of benzene rings is 1. The predicted molar refractivity (Wildman–Crippen MR) is 104 cm³/mol. The molecular weight excluding hydrogens is 312 g/mol. The van der Waals surface area contributed by atoms with Crippen LogP contribution in [0.2, 0.25) is 0 Å². The molecule has 2 aromatic rings. The van der Waals surface area contributed by atoms with Crippen molar-refractivity contribution in [2.75, 3.05) is 37.8 Å². The Labute approximate surface area is 150 Å². The monoisotopic (exact) mass is 340 g/mol. The summed E-state index contributed by atoms with van der Waals surface area (Å²) in [5.41, 5.74) is 4.65. The van der Waals surface area contributed by atoms with Crippen molar-refractivity contribution >= 4 is 17.3 Å². The van der Waals surface area contributed by atoms with Crippen LogP contribution in [0.4, 0.5) is 11.4 Å². The summed E-state index contributed by atoms with van der Waals surface area (Å²) in [7, 11) is 4.06. The summed E-state index contributed by atoms with van der Waals surface area (Å²) in [6.45, 7) is 5.92. The van der Waals surface area contributed by atoms with E-state index >= 15 is 0 Å². The zero-order chi connectivity index (χ0) is 18.2. The molecule has 0 aliphatic rings. The Hall–Kier alpha value is -2.40. The Morgan fingerprint density at radius 2 is 1.80 bits per heavy atom. The van der Waals surface area contributed by atoms with Gasteiger partial charge in [0.25, 0.3) is 5.91 Å². The quantitative estimate of drug-likeness (QED) is 0.773. The fourth-order valence-electron chi connectivity index (χ4n) is 2.67. The average molecular weight is 340 g/mol. The third-order valence-electron chi connectivity index (χ3n) is 4.13. The number of aryl methyl sites for hydroxylation is 2. The van der Waals surface area contributed by atoms with E-state index in [1.165, 1.54) is 0 Å². The van der Waals surface area contributed by atoms with Gasteiger partial charge in [-0.1, -0.05) is 32.0 Å². The molecule has 2 N–H and O–H groups in total. The number of hydrogen-bond acceptors (Lipinski definition) is 4. The second kappa shape index (κ2) is 9.18. The molecule has 0 aliphatic carbocycles. The van der Waals surface area contributed by atoms with E-state index in [2.05, 4.69) is 46.5 Å². The molecule has 0 fully saturated rings. The number of pyridine rings is 1. The maximum absolute atomic E-state index is 12.7. The van der Waals surface area contributed by atoms with Crippen molar-refractivity contribution in [2.24, 2.45) is 0 Å². The van der Waals surface area contributed by atoms with Crippen LogP contribution in [0, 0.1) is 0 Å². The topological polar surface area (TPSA) is 57.3 Å². The Bertz CT molecular complexity index is 690. The normalized spacial score (nSPS) is 10.8. The SMILES string of the molecule is CCc1cccc(CC)c1NC(=O)c1cncc(NCCN(C)C)c1. The van der Waals surface area contributed by atoms with Crippen molar-refractivity contribution in [3.8, 4) is 0 Å². The van der Waals surface area contributed by atoms with Gasteiger partial charge in [0.1, 0.15) is 0 Å². The number of anilines is 2. The van der Waals surface area contributed by atoms with Crippen molar-refractivity contribution in [3.05, 3.63) is 53.3 Å². The van der Waals surface area contributed by atoms with Gasteiger partial charge in [0.2, 0.25) is 0 Å². The van der Waals surface area contributed by atoms with Gasteiger partial charge in [0.05, 0.1) is 11.3 Å². The summed E-state index contributed by atoms with van der Waals surface area (Å²) in [6, 6.07) is 8.01. The summed E-state index contributed by atoms with van der Waals surface area (Å²) in [5.74, 6) is -0.126. The van der Waals surface area contributed by atoms with Crippen LogP contribution < -0.4 is 10.6 Å². The van der Waals surface area contributed by atoms with Gasteiger partial charge in [0.15, 0.2) is 0 Å². The third kappa shape index (κ3) is 5.29. The maximum Gasteiger partial charge on any atom is 0.257 e. The van der Waals surface area contributed by atoms with E-state index in [0.717, 1.165) is 48.4 Å². The molecule has 1 heterocycles. The van der Waals surface area contributed by atoms with Crippen LogP contribution in [0.25, 0.3) is 0 Å². The maximum atomic E-state index is 12.7. The minimum Gasteiger partial charge on any atom is -0.382 e. The Morgan fingerprint density at radius 3 is 2.40 bits per heavy atom. The molecule has 5 nitrogen and oxygen atoms in total. The van der Waals surface area contributed by atoms with Crippen LogP contribution in [0.3, 0.4) is 0 Å². The molecule has 0 bridgehead atoms. The highest BCUT2D eigenvalue weighted by atomic mass is 16.1. The highest BCUT2D eigenvalue weighted by Crippen LogP contribution is 2.23. The summed E-state index contributed by atoms with van der Waals surface area (Å²) >= 11 is 0. The molecule has 0 spiro atoms. The summed E-state index contributed by atoms with van der Waals surface area (Å²) in [6.07, 6.45) is 5.11. The minimum atomic E-state index is -0.126. The van der Waals surface area contributed by atoms with E-state index in [1.54, 1.807) is 12.4 Å². The molecule has 2 rings (SSSR count). The Morgan fingerprint density at radius 1 is 1.12 bits per heavy atom. The lowest BCUT2D eigenvalue weighted by molar-refractivity contribution is 0.102. The largest absolute Gasteiger partial charge is 0.382 e. The van der Waals surface area contributed by atoms with E-state index in [4.69, 9.17) is 0 Å². The number of carbonyl (C=O) groups is 1. The molecule has 134 valence electrons. The number of carbonyl (C=O) groups excluding carboxylic acids is 1. The molecule has 1 amide bonds. The average Bonchev–Trinajstić information content (AvgIpc) is 2.61. The lowest BCUT2D eigenvalue weighted by Gasteiger charge is -2.15. The molecule has 0 radical (unpaired) electrons. The van der Waals surface area contributed by atoms with E-state index in [9.17, 15) is 4.79 Å². The molecule has 0 atom stereocenters. The van der Waals surface area contributed by atoms with Gasteiger partial charge in [-0.3, -0.25) is 9.78 Å².